The Morgan fingerprint density at radius 2 is 1.88 bits per heavy atom. The topological polar surface area (TPSA) is 92.8 Å². The van der Waals surface area contributed by atoms with E-state index in [1.807, 2.05) is 0 Å². The van der Waals surface area contributed by atoms with Crippen LogP contribution in [0.1, 0.15) is 16.8 Å². The molecule has 1 heterocycles. The highest BCUT2D eigenvalue weighted by Crippen LogP contribution is 2.26. The van der Waals surface area contributed by atoms with Crippen LogP contribution in [0.25, 0.3) is 0 Å². The lowest BCUT2D eigenvalue weighted by molar-refractivity contribution is -0.116. The summed E-state index contributed by atoms with van der Waals surface area (Å²) in [5.74, 6) is -0.449. The van der Waals surface area contributed by atoms with Crippen molar-refractivity contribution in [2.45, 2.75) is 6.42 Å². The Morgan fingerprint density at radius 1 is 1.16 bits per heavy atom. The number of hydrogen-bond acceptors (Lipinski definition) is 5. The molecule has 130 valence electrons. The summed E-state index contributed by atoms with van der Waals surface area (Å²) in [7, 11) is -2.11. The Bertz CT molecular complexity index is 922. The molecule has 1 aliphatic heterocycles. The minimum Gasteiger partial charge on any atom is -0.497 e. The molecule has 0 spiro atoms. The van der Waals surface area contributed by atoms with Crippen LogP contribution in [0.15, 0.2) is 48.5 Å². The normalized spacial score (nSPS) is 15.9. The van der Waals surface area contributed by atoms with Gasteiger partial charge in [0.25, 0.3) is 5.91 Å². The predicted octanol–water partition coefficient (Wildman–Crippen LogP) is 2.01. The first-order valence-corrected chi connectivity index (χ1v) is 9.13. The maximum absolute atomic E-state index is 12.4. The summed E-state index contributed by atoms with van der Waals surface area (Å²) in [5, 5.41) is 2.71. The molecule has 1 aliphatic rings. The van der Waals surface area contributed by atoms with Crippen molar-refractivity contribution in [3.8, 4) is 5.75 Å². The lowest BCUT2D eigenvalue weighted by Gasteiger charge is -2.15. The SMILES string of the molecule is COc1ccc(NC(=O)c2cccc(N3C(=O)CCS3(=O)=O)c2)cc1. The van der Waals surface area contributed by atoms with E-state index in [2.05, 4.69) is 5.32 Å². The summed E-state index contributed by atoms with van der Waals surface area (Å²) in [6.07, 6.45) is -0.0510. The Balaban J connectivity index is 1.83. The number of hydrogen-bond donors (Lipinski definition) is 1. The third kappa shape index (κ3) is 3.48. The number of benzene rings is 2. The van der Waals surface area contributed by atoms with Crippen LogP contribution in [0.2, 0.25) is 0 Å². The number of nitrogens with one attached hydrogen (secondary N) is 1. The van der Waals surface area contributed by atoms with Gasteiger partial charge in [-0.05, 0) is 42.5 Å². The number of ether oxygens (including phenoxy) is 1. The molecule has 2 amide bonds. The zero-order valence-corrected chi connectivity index (χ0v) is 14.2. The van der Waals surface area contributed by atoms with Gasteiger partial charge in [-0.15, -0.1) is 0 Å². The molecule has 1 N–H and O–H groups in total. The Labute approximate surface area is 145 Å². The van der Waals surface area contributed by atoms with Crippen molar-refractivity contribution in [3.63, 3.8) is 0 Å². The molecule has 2 aromatic rings. The number of carbonyl (C=O) groups is 2. The van der Waals surface area contributed by atoms with Gasteiger partial charge < -0.3 is 10.1 Å². The second-order valence-corrected chi connectivity index (χ2v) is 7.39. The fourth-order valence-electron chi connectivity index (χ4n) is 2.52. The first-order valence-electron chi connectivity index (χ1n) is 7.52. The van der Waals surface area contributed by atoms with Crippen LogP contribution in [0.5, 0.6) is 5.75 Å². The minimum atomic E-state index is -3.66. The number of methoxy groups -OCH3 is 1. The van der Waals surface area contributed by atoms with E-state index in [1.165, 1.54) is 12.1 Å². The maximum atomic E-state index is 12.4. The highest BCUT2D eigenvalue weighted by atomic mass is 32.2. The maximum Gasteiger partial charge on any atom is 0.255 e. The van der Waals surface area contributed by atoms with Crippen LogP contribution in [0.3, 0.4) is 0 Å². The molecule has 1 saturated heterocycles. The van der Waals surface area contributed by atoms with E-state index in [-0.39, 0.29) is 23.4 Å². The van der Waals surface area contributed by atoms with Crippen LogP contribution in [-0.4, -0.2) is 33.1 Å². The molecule has 0 radical (unpaired) electrons. The Kier molecular flexibility index (Phi) is 4.45. The number of anilines is 2. The molecule has 0 aliphatic carbocycles. The molecule has 1 fully saturated rings. The quantitative estimate of drug-likeness (QED) is 0.900. The van der Waals surface area contributed by atoms with Crippen molar-refractivity contribution in [3.05, 3.63) is 54.1 Å². The summed E-state index contributed by atoms with van der Waals surface area (Å²) < 4.78 is 29.8. The van der Waals surface area contributed by atoms with Crippen molar-refractivity contribution < 1.29 is 22.7 Å². The third-order valence-corrected chi connectivity index (χ3v) is 5.46. The van der Waals surface area contributed by atoms with E-state index in [9.17, 15) is 18.0 Å². The molecule has 0 bridgehead atoms. The highest BCUT2D eigenvalue weighted by molar-refractivity contribution is 7.94. The lowest BCUT2D eigenvalue weighted by Crippen LogP contribution is -2.29. The van der Waals surface area contributed by atoms with E-state index in [0.29, 0.717) is 11.4 Å². The van der Waals surface area contributed by atoms with Gasteiger partial charge in [0.2, 0.25) is 15.9 Å². The fraction of sp³-hybridized carbons (Fsp3) is 0.176. The molecule has 7 nitrogen and oxygen atoms in total. The largest absolute Gasteiger partial charge is 0.497 e. The zero-order chi connectivity index (χ0) is 18.0. The van der Waals surface area contributed by atoms with Gasteiger partial charge >= 0.3 is 0 Å². The van der Waals surface area contributed by atoms with Gasteiger partial charge in [-0.3, -0.25) is 9.59 Å². The van der Waals surface area contributed by atoms with Crippen molar-refractivity contribution in [1.29, 1.82) is 0 Å². The van der Waals surface area contributed by atoms with Gasteiger partial charge in [0.1, 0.15) is 5.75 Å². The molecule has 25 heavy (non-hydrogen) atoms. The number of rotatable bonds is 4. The summed E-state index contributed by atoms with van der Waals surface area (Å²) in [6, 6.07) is 12.8. The van der Waals surface area contributed by atoms with Crippen LogP contribution in [0, 0.1) is 0 Å². The molecule has 0 unspecified atom stereocenters. The average molecular weight is 360 g/mol. The smallest absolute Gasteiger partial charge is 0.255 e. The minimum absolute atomic E-state index is 0.0510. The van der Waals surface area contributed by atoms with E-state index < -0.39 is 21.8 Å². The van der Waals surface area contributed by atoms with Crippen molar-refractivity contribution in [2.24, 2.45) is 0 Å². The van der Waals surface area contributed by atoms with Gasteiger partial charge in [-0.2, -0.15) is 0 Å². The van der Waals surface area contributed by atoms with Crippen LogP contribution in [0.4, 0.5) is 11.4 Å². The fourth-order valence-corrected chi connectivity index (χ4v) is 3.97. The van der Waals surface area contributed by atoms with Crippen molar-refractivity contribution in [1.82, 2.24) is 0 Å². The number of sulfonamides is 1. The molecule has 8 heteroatoms. The summed E-state index contributed by atoms with van der Waals surface area (Å²) in [4.78, 5) is 24.2. The predicted molar refractivity (Wildman–Crippen MR) is 93.3 cm³/mol. The van der Waals surface area contributed by atoms with E-state index in [1.54, 1.807) is 43.5 Å². The van der Waals surface area contributed by atoms with E-state index in [4.69, 9.17) is 4.74 Å². The summed E-state index contributed by atoms with van der Waals surface area (Å²) in [5.41, 5.74) is 0.995. The number of amides is 2. The van der Waals surface area contributed by atoms with Crippen molar-refractivity contribution >= 4 is 33.2 Å². The average Bonchev–Trinajstić information content (AvgIpc) is 2.88. The Morgan fingerprint density at radius 3 is 2.48 bits per heavy atom. The van der Waals surface area contributed by atoms with Crippen LogP contribution < -0.4 is 14.4 Å². The van der Waals surface area contributed by atoms with E-state index >= 15 is 0 Å². The van der Waals surface area contributed by atoms with Gasteiger partial charge in [-0.1, -0.05) is 6.07 Å². The lowest BCUT2D eigenvalue weighted by atomic mass is 10.1. The zero-order valence-electron chi connectivity index (χ0n) is 13.4. The first-order chi connectivity index (χ1) is 11.9. The molecule has 0 aromatic heterocycles. The van der Waals surface area contributed by atoms with Gasteiger partial charge in [-0.25, -0.2) is 12.7 Å². The first kappa shape index (κ1) is 17.0. The standard InChI is InChI=1S/C17H16N2O5S/c1-24-15-7-5-13(6-8-15)18-17(21)12-3-2-4-14(11-12)19-16(20)9-10-25(19,22)23/h2-8,11H,9-10H2,1H3,(H,18,21). The second kappa shape index (κ2) is 6.56. The third-order valence-electron chi connectivity index (χ3n) is 3.77. The van der Waals surface area contributed by atoms with Gasteiger partial charge in [0.05, 0.1) is 18.6 Å². The number of nitrogens with zero attached hydrogens (tertiary/aromatic N) is 1. The van der Waals surface area contributed by atoms with E-state index in [0.717, 1.165) is 4.31 Å². The highest BCUT2D eigenvalue weighted by Gasteiger charge is 2.36. The van der Waals surface area contributed by atoms with Crippen LogP contribution in [-0.2, 0) is 14.8 Å². The molecular weight excluding hydrogens is 344 g/mol. The number of carbonyl (C=O) groups excluding carboxylic acids is 2. The molecule has 0 atom stereocenters. The molecule has 3 rings (SSSR count). The van der Waals surface area contributed by atoms with Crippen molar-refractivity contribution in [2.75, 3.05) is 22.5 Å². The molecular formula is C17H16N2O5S. The molecule has 2 aromatic carbocycles. The second-order valence-electron chi connectivity index (χ2n) is 5.46. The van der Waals surface area contributed by atoms with Crippen LogP contribution >= 0.6 is 0 Å². The Hall–Kier alpha value is -2.87. The monoisotopic (exact) mass is 360 g/mol. The summed E-state index contributed by atoms with van der Waals surface area (Å²) in [6.45, 7) is 0. The summed E-state index contributed by atoms with van der Waals surface area (Å²) >= 11 is 0. The molecule has 0 saturated carbocycles. The van der Waals surface area contributed by atoms with Gasteiger partial charge in [0, 0.05) is 17.7 Å². The van der Waals surface area contributed by atoms with Gasteiger partial charge in [0.15, 0.2) is 0 Å².